The fourth-order valence-electron chi connectivity index (χ4n) is 2.28. The highest BCUT2D eigenvalue weighted by Gasteiger charge is 2.06. The minimum atomic E-state index is 0.670. The van der Waals surface area contributed by atoms with Gasteiger partial charge >= 0.3 is 0 Å². The third kappa shape index (κ3) is 3.04. The molecular formula is C17H16N2O. The van der Waals surface area contributed by atoms with Crippen LogP contribution in [0.25, 0.3) is 0 Å². The number of carbonyl (C=O) groups excluding carboxylic acids is 1. The average molecular weight is 264 g/mol. The van der Waals surface area contributed by atoms with E-state index in [1.807, 2.05) is 50.4 Å². The highest BCUT2D eigenvalue weighted by Crippen LogP contribution is 2.21. The van der Waals surface area contributed by atoms with Crippen LogP contribution in [0.3, 0.4) is 0 Å². The predicted molar refractivity (Wildman–Crippen MR) is 79.8 cm³/mol. The van der Waals surface area contributed by atoms with E-state index in [9.17, 15) is 4.79 Å². The van der Waals surface area contributed by atoms with Gasteiger partial charge in [-0.05, 0) is 48.4 Å². The summed E-state index contributed by atoms with van der Waals surface area (Å²) in [5.41, 5.74) is 4.59. The topological polar surface area (TPSA) is 44.1 Å². The Morgan fingerprint density at radius 3 is 2.70 bits per heavy atom. The monoisotopic (exact) mass is 264 g/mol. The molecule has 3 nitrogen and oxygen atoms in total. The summed E-state index contributed by atoms with van der Waals surface area (Å²) in [5, 5.41) is 8.92. The van der Waals surface area contributed by atoms with Gasteiger partial charge in [0.15, 0.2) is 0 Å². The van der Waals surface area contributed by atoms with Crippen LogP contribution in [0.4, 0.5) is 5.69 Å². The maximum atomic E-state index is 10.8. The van der Waals surface area contributed by atoms with Crippen LogP contribution in [0.2, 0.25) is 0 Å². The van der Waals surface area contributed by atoms with E-state index in [4.69, 9.17) is 5.26 Å². The molecule has 0 N–H and O–H groups in total. The van der Waals surface area contributed by atoms with Crippen LogP contribution >= 0.6 is 0 Å². The molecule has 0 radical (unpaired) electrons. The number of benzene rings is 2. The highest BCUT2D eigenvalue weighted by atomic mass is 16.1. The van der Waals surface area contributed by atoms with E-state index in [0.29, 0.717) is 11.1 Å². The summed E-state index contributed by atoms with van der Waals surface area (Å²) in [6.07, 6.45) is 0.854. The SMILES string of the molecule is Cc1cc(C=O)ccc1N(C)Cc1cccc(C#N)c1. The summed E-state index contributed by atoms with van der Waals surface area (Å²) >= 11 is 0. The minimum absolute atomic E-state index is 0.670. The fourth-order valence-corrected chi connectivity index (χ4v) is 2.28. The first-order valence-electron chi connectivity index (χ1n) is 6.40. The molecule has 2 rings (SSSR count). The maximum Gasteiger partial charge on any atom is 0.150 e. The van der Waals surface area contributed by atoms with Crippen LogP contribution in [-0.4, -0.2) is 13.3 Å². The molecule has 0 spiro atoms. The van der Waals surface area contributed by atoms with E-state index < -0.39 is 0 Å². The maximum absolute atomic E-state index is 10.8. The van der Waals surface area contributed by atoms with Crippen molar-refractivity contribution in [3.05, 3.63) is 64.7 Å². The molecule has 20 heavy (non-hydrogen) atoms. The molecule has 0 aliphatic rings. The first-order chi connectivity index (χ1) is 9.63. The third-order valence-corrected chi connectivity index (χ3v) is 3.24. The van der Waals surface area contributed by atoms with E-state index in [0.717, 1.165) is 29.6 Å². The minimum Gasteiger partial charge on any atom is -0.370 e. The molecule has 0 saturated carbocycles. The molecule has 2 aromatic carbocycles. The number of aryl methyl sites for hydroxylation is 1. The number of hydrogen-bond donors (Lipinski definition) is 0. The molecule has 0 unspecified atom stereocenters. The Morgan fingerprint density at radius 2 is 2.05 bits per heavy atom. The van der Waals surface area contributed by atoms with Crippen molar-refractivity contribution in [2.75, 3.05) is 11.9 Å². The number of hydrogen-bond acceptors (Lipinski definition) is 3. The van der Waals surface area contributed by atoms with Gasteiger partial charge in [0.2, 0.25) is 0 Å². The number of anilines is 1. The number of rotatable bonds is 4. The Kier molecular flexibility index (Phi) is 4.17. The lowest BCUT2D eigenvalue weighted by Gasteiger charge is -2.22. The quantitative estimate of drug-likeness (QED) is 0.796. The molecule has 0 aliphatic heterocycles. The molecule has 0 aromatic heterocycles. The molecule has 2 aromatic rings. The Morgan fingerprint density at radius 1 is 1.25 bits per heavy atom. The molecule has 0 heterocycles. The Bertz CT molecular complexity index is 671. The molecular weight excluding hydrogens is 248 g/mol. The summed E-state index contributed by atoms with van der Waals surface area (Å²) in [6.45, 7) is 2.71. The fraction of sp³-hybridized carbons (Fsp3) is 0.176. The van der Waals surface area contributed by atoms with Crippen molar-refractivity contribution in [3.8, 4) is 6.07 Å². The van der Waals surface area contributed by atoms with Gasteiger partial charge in [-0.2, -0.15) is 5.26 Å². The van der Waals surface area contributed by atoms with Crippen molar-refractivity contribution in [2.45, 2.75) is 13.5 Å². The second-order valence-corrected chi connectivity index (χ2v) is 4.83. The van der Waals surface area contributed by atoms with Crippen molar-refractivity contribution >= 4 is 12.0 Å². The molecule has 0 bridgehead atoms. The standard InChI is InChI=1S/C17H16N2O/c1-13-8-16(12-20)6-7-17(13)19(2)11-15-5-3-4-14(9-15)10-18/h3-9,12H,11H2,1-2H3. The van der Waals surface area contributed by atoms with Gasteiger partial charge in [0.1, 0.15) is 6.29 Å². The summed E-state index contributed by atoms with van der Waals surface area (Å²) in [7, 11) is 2.00. The molecule has 0 fully saturated rings. The largest absolute Gasteiger partial charge is 0.370 e. The van der Waals surface area contributed by atoms with Gasteiger partial charge in [0.25, 0.3) is 0 Å². The van der Waals surface area contributed by atoms with E-state index in [1.54, 1.807) is 6.07 Å². The zero-order valence-corrected chi connectivity index (χ0v) is 11.6. The van der Waals surface area contributed by atoms with Gasteiger partial charge in [-0.25, -0.2) is 0 Å². The smallest absolute Gasteiger partial charge is 0.150 e. The van der Waals surface area contributed by atoms with Crippen LogP contribution in [0, 0.1) is 18.3 Å². The molecule has 3 heteroatoms. The molecule has 0 saturated heterocycles. The van der Waals surface area contributed by atoms with E-state index in [-0.39, 0.29) is 0 Å². The second-order valence-electron chi connectivity index (χ2n) is 4.83. The number of carbonyl (C=O) groups is 1. The first-order valence-corrected chi connectivity index (χ1v) is 6.40. The van der Waals surface area contributed by atoms with Gasteiger partial charge in [0, 0.05) is 24.8 Å². The van der Waals surface area contributed by atoms with Crippen LogP contribution in [0.5, 0.6) is 0 Å². The van der Waals surface area contributed by atoms with Crippen molar-refractivity contribution in [1.82, 2.24) is 0 Å². The zero-order valence-electron chi connectivity index (χ0n) is 11.6. The van der Waals surface area contributed by atoms with Crippen LogP contribution < -0.4 is 4.90 Å². The van der Waals surface area contributed by atoms with Crippen LogP contribution in [-0.2, 0) is 6.54 Å². The average Bonchev–Trinajstić information content (AvgIpc) is 2.47. The van der Waals surface area contributed by atoms with E-state index >= 15 is 0 Å². The number of aldehydes is 1. The summed E-state index contributed by atoms with van der Waals surface area (Å²) in [5.74, 6) is 0. The lowest BCUT2D eigenvalue weighted by atomic mass is 10.1. The van der Waals surface area contributed by atoms with Crippen LogP contribution in [0.15, 0.2) is 42.5 Å². The summed E-state index contributed by atoms with van der Waals surface area (Å²) in [4.78, 5) is 12.9. The highest BCUT2D eigenvalue weighted by molar-refractivity contribution is 5.76. The summed E-state index contributed by atoms with van der Waals surface area (Å²) in [6, 6.07) is 15.4. The van der Waals surface area contributed by atoms with E-state index in [1.165, 1.54) is 0 Å². The molecule has 0 aliphatic carbocycles. The van der Waals surface area contributed by atoms with Crippen molar-refractivity contribution in [1.29, 1.82) is 5.26 Å². The lowest BCUT2D eigenvalue weighted by molar-refractivity contribution is 0.112. The van der Waals surface area contributed by atoms with Gasteiger partial charge in [-0.1, -0.05) is 12.1 Å². The Hall–Kier alpha value is -2.60. The number of nitriles is 1. The Labute approximate surface area is 119 Å². The third-order valence-electron chi connectivity index (χ3n) is 3.24. The molecule has 100 valence electrons. The molecule has 0 amide bonds. The van der Waals surface area contributed by atoms with Gasteiger partial charge < -0.3 is 4.90 Å². The Balaban J connectivity index is 2.21. The van der Waals surface area contributed by atoms with Crippen molar-refractivity contribution in [2.24, 2.45) is 0 Å². The predicted octanol–water partition coefficient (Wildman–Crippen LogP) is 3.32. The van der Waals surface area contributed by atoms with Gasteiger partial charge in [0.05, 0.1) is 11.6 Å². The first kappa shape index (κ1) is 13.8. The van der Waals surface area contributed by atoms with Gasteiger partial charge in [-0.3, -0.25) is 4.79 Å². The summed E-state index contributed by atoms with van der Waals surface area (Å²) < 4.78 is 0. The second kappa shape index (κ2) is 6.03. The molecule has 0 atom stereocenters. The van der Waals surface area contributed by atoms with Crippen molar-refractivity contribution in [3.63, 3.8) is 0 Å². The van der Waals surface area contributed by atoms with E-state index in [2.05, 4.69) is 11.0 Å². The normalized spacial score (nSPS) is 9.85. The lowest BCUT2D eigenvalue weighted by Crippen LogP contribution is -2.17. The van der Waals surface area contributed by atoms with Crippen LogP contribution in [0.1, 0.15) is 27.0 Å². The zero-order chi connectivity index (χ0) is 14.5. The van der Waals surface area contributed by atoms with Crippen molar-refractivity contribution < 1.29 is 4.79 Å². The van der Waals surface area contributed by atoms with Gasteiger partial charge in [-0.15, -0.1) is 0 Å². The number of nitrogens with zero attached hydrogens (tertiary/aromatic N) is 2.